The predicted molar refractivity (Wildman–Crippen MR) is 68.5 cm³/mol. The summed E-state index contributed by atoms with van der Waals surface area (Å²) in [5.74, 6) is 0.149. The van der Waals surface area contributed by atoms with E-state index in [0.717, 1.165) is 26.2 Å². The summed E-state index contributed by atoms with van der Waals surface area (Å²) in [6.45, 7) is 13.4. The van der Waals surface area contributed by atoms with Crippen LogP contribution in [0.15, 0.2) is 0 Å². The molecule has 16 heavy (non-hydrogen) atoms. The van der Waals surface area contributed by atoms with Gasteiger partial charge in [-0.3, -0.25) is 4.79 Å². The molecule has 4 heteroatoms. The van der Waals surface area contributed by atoms with Crippen LogP contribution >= 0.6 is 0 Å². The Morgan fingerprint density at radius 3 is 1.62 bits per heavy atom. The molecule has 0 aliphatic carbocycles. The Labute approximate surface area is 99.8 Å². The Morgan fingerprint density at radius 1 is 1.00 bits per heavy atom. The van der Waals surface area contributed by atoms with Crippen LogP contribution in [0.25, 0.3) is 0 Å². The van der Waals surface area contributed by atoms with Crippen LogP contribution in [-0.4, -0.2) is 49.1 Å². The second-order valence-corrected chi connectivity index (χ2v) is 4.72. The standard InChI is InChI=1S/C12H27N3O/c1-10(2)13-6-8-15(12(5)16)9-7-14-11(3)4/h10-11,13-14H,6-9H2,1-5H3. The van der Waals surface area contributed by atoms with E-state index in [1.807, 2.05) is 4.90 Å². The maximum absolute atomic E-state index is 11.4. The first-order valence-corrected chi connectivity index (χ1v) is 6.15. The SMILES string of the molecule is CC(=O)N(CCNC(C)C)CCNC(C)C. The molecule has 0 bridgehead atoms. The summed E-state index contributed by atoms with van der Waals surface area (Å²) in [5, 5.41) is 6.63. The summed E-state index contributed by atoms with van der Waals surface area (Å²) in [7, 11) is 0. The molecular weight excluding hydrogens is 202 g/mol. The molecule has 0 spiro atoms. The fourth-order valence-corrected chi connectivity index (χ4v) is 1.40. The second-order valence-electron chi connectivity index (χ2n) is 4.72. The molecule has 0 atom stereocenters. The van der Waals surface area contributed by atoms with Gasteiger partial charge in [0.15, 0.2) is 0 Å². The molecule has 0 radical (unpaired) electrons. The fraction of sp³-hybridized carbons (Fsp3) is 0.917. The van der Waals surface area contributed by atoms with Crippen LogP contribution in [0.3, 0.4) is 0 Å². The van der Waals surface area contributed by atoms with Gasteiger partial charge in [0.2, 0.25) is 5.91 Å². The summed E-state index contributed by atoms with van der Waals surface area (Å²) in [5.41, 5.74) is 0. The van der Waals surface area contributed by atoms with Gasteiger partial charge >= 0.3 is 0 Å². The van der Waals surface area contributed by atoms with E-state index >= 15 is 0 Å². The fourth-order valence-electron chi connectivity index (χ4n) is 1.40. The van der Waals surface area contributed by atoms with Gasteiger partial charge in [0.25, 0.3) is 0 Å². The molecule has 0 saturated heterocycles. The number of hydrogen-bond donors (Lipinski definition) is 2. The number of carbonyl (C=O) groups is 1. The molecule has 0 fully saturated rings. The molecule has 4 nitrogen and oxygen atoms in total. The Hall–Kier alpha value is -0.610. The summed E-state index contributed by atoms with van der Waals surface area (Å²) in [4.78, 5) is 13.2. The Morgan fingerprint density at radius 2 is 1.38 bits per heavy atom. The van der Waals surface area contributed by atoms with Crippen molar-refractivity contribution >= 4 is 5.91 Å². The van der Waals surface area contributed by atoms with Gasteiger partial charge in [-0.1, -0.05) is 27.7 Å². The van der Waals surface area contributed by atoms with Crippen LogP contribution in [0.1, 0.15) is 34.6 Å². The van der Waals surface area contributed by atoms with Gasteiger partial charge in [-0.05, 0) is 0 Å². The van der Waals surface area contributed by atoms with Gasteiger partial charge in [-0.25, -0.2) is 0 Å². The third-order valence-electron chi connectivity index (χ3n) is 2.31. The van der Waals surface area contributed by atoms with Crippen molar-refractivity contribution in [2.75, 3.05) is 26.2 Å². The molecule has 0 unspecified atom stereocenters. The van der Waals surface area contributed by atoms with Crippen molar-refractivity contribution in [2.45, 2.75) is 46.7 Å². The van der Waals surface area contributed by atoms with Crippen LogP contribution in [0.2, 0.25) is 0 Å². The van der Waals surface area contributed by atoms with E-state index in [0.29, 0.717) is 12.1 Å². The van der Waals surface area contributed by atoms with Crippen LogP contribution in [0.5, 0.6) is 0 Å². The minimum Gasteiger partial charge on any atom is -0.340 e. The minimum absolute atomic E-state index is 0.149. The van der Waals surface area contributed by atoms with E-state index in [1.165, 1.54) is 0 Å². The maximum atomic E-state index is 11.4. The van der Waals surface area contributed by atoms with Crippen LogP contribution in [-0.2, 0) is 4.79 Å². The molecule has 0 aliphatic heterocycles. The van der Waals surface area contributed by atoms with Gasteiger partial charge in [0, 0.05) is 45.2 Å². The number of nitrogens with zero attached hydrogens (tertiary/aromatic N) is 1. The zero-order valence-electron chi connectivity index (χ0n) is 11.3. The minimum atomic E-state index is 0.149. The van der Waals surface area contributed by atoms with Crippen LogP contribution in [0, 0.1) is 0 Å². The van der Waals surface area contributed by atoms with Crippen molar-refractivity contribution in [3.8, 4) is 0 Å². The molecule has 0 aromatic heterocycles. The summed E-state index contributed by atoms with van der Waals surface area (Å²) < 4.78 is 0. The van der Waals surface area contributed by atoms with Crippen LogP contribution < -0.4 is 10.6 Å². The lowest BCUT2D eigenvalue weighted by molar-refractivity contribution is -0.128. The van der Waals surface area contributed by atoms with Crippen molar-refractivity contribution in [2.24, 2.45) is 0 Å². The van der Waals surface area contributed by atoms with E-state index in [2.05, 4.69) is 38.3 Å². The third-order valence-corrected chi connectivity index (χ3v) is 2.31. The van der Waals surface area contributed by atoms with Crippen molar-refractivity contribution in [3.05, 3.63) is 0 Å². The zero-order chi connectivity index (χ0) is 12.6. The Kier molecular flexibility index (Phi) is 8.21. The van der Waals surface area contributed by atoms with Gasteiger partial charge in [0.05, 0.1) is 0 Å². The van der Waals surface area contributed by atoms with Gasteiger partial charge in [0.1, 0.15) is 0 Å². The van der Waals surface area contributed by atoms with E-state index in [9.17, 15) is 4.79 Å². The number of nitrogens with one attached hydrogen (secondary N) is 2. The molecule has 2 N–H and O–H groups in total. The number of amides is 1. The highest BCUT2D eigenvalue weighted by Crippen LogP contribution is 1.89. The smallest absolute Gasteiger partial charge is 0.219 e. The van der Waals surface area contributed by atoms with Crippen LogP contribution in [0.4, 0.5) is 0 Å². The van der Waals surface area contributed by atoms with Crippen molar-refractivity contribution < 1.29 is 4.79 Å². The van der Waals surface area contributed by atoms with E-state index in [-0.39, 0.29) is 5.91 Å². The highest BCUT2D eigenvalue weighted by molar-refractivity contribution is 5.73. The molecule has 0 rings (SSSR count). The summed E-state index contributed by atoms with van der Waals surface area (Å²) in [6, 6.07) is 0.949. The van der Waals surface area contributed by atoms with Crippen molar-refractivity contribution in [3.63, 3.8) is 0 Å². The topological polar surface area (TPSA) is 44.4 Å². The summed E-state index contributed by atoms with van der Waals surface area (Å²) in [6.07, 6.45) is 0. The highest BCUT2D eigenvalue weighted by Gasteiger charge is 2.07. The number of hydrogen-bond acceptors (Lipinski definition) is 3. The summed E-state index contributed by atoms with van der Waals surface area (Å²) >= 11 is 0. The molecule has 1 amide bonds. The van der Waals surface area contributed by atoms with Crippen molar-refractivity contribution in [1.29, 1.82) is 0 Å². The average Bonchev–Trinajstić information content (AvgIpc) is 2.14. The predicted octanol–water partition coefficient (Wildman–Crippen LogP) is 0.831. The van der Waals surface area contributed by atoms with Crippen molar-refractivity contribution in [1.82, 2.24) is 15.5 Å². The lowest BCUT2D eigenvalue weighted by Gasteiger charge is -2.22. The lowest BCUT2D eigenvalue weighted by atomic mass is 10.3. The first-order valence-electron chi connectivity index (χ1n) is 6.15. The first kappa shape index (κ1) is 15.4. The first-order chi connectivity index (χ1) is 7.43. The average molecular weight is 229 g/mol. The highest BCUT2D eigenvalue weighted by atomic mass is 16.2. The number of carbonyl (C=O) groups excluding carboxylic acids is 1. The zero-order valence-corrected chi connectivity index (χ0v) is 11.3. The monoisotopic (exact) mass is 229 g/mol. The van der Waals surface area contributed by atoms with E-state index in [1.54, 1.807) is 6.92 Å². The maximum Gasteiger partial charge on any atom is 0.219 e. The molecule has 0 aliphatic rings. The largest absolute Gasteiger partial charge is 0.340 e. The van der Waals surface area contributed by atoms with E-state index < -0.39 is 0 Å². The van der Waals surface area contributed by atoms with Gasteiger partial charge < -0.3 is 15.5 Å². The molecule has 0 aromatic rings. The molecule has 0 heterocycles. The number of rotatable bonds is 8. The second kappa shape index (κ2) is 8.53. The third kappa shape index (κ3) is 8.68. The molecule has 96 valence electrons. The normalized spacial score (nSPS) is 11.2. The molecule has 0 aromatic carbocycles. The Bertz CT molecular complexity index is 179. The van der Waals surface area contributed by atoms with Gasteiger partial charge in [-0.2, -0.15) is 0 Å². The Balaban J connectivity index is 3.76. The molecular formula is C12H27N3O. The van der Waals surface area contributed by atoms with Gasteiger partial charge in [-0.15, -0.1) is 0 Å². The van der Waals surface area contributed by atoms with E-state index in [4.69, 9.17) is 0 Å². The molecule has 0 saturated carbocycles. The quantitative estimate of drug-likeness (QED) is 0.648. The lowest BCUT2D eigenvalue weighted by Crippen LogP contribution is -2.41.